The van der Waals surface area contributed by atoms with Crippen molar-refractivity contribution >= 4 is 11.8 Å². The van der Waals surface area contributed by atoms with Crippen LogP contribution < -0.4 is 11.5 Å². The summed E-state index contributed by atoms with van der Waals surface area (Å²) in [4.78, 5) is 0. The molecule has 18 heavy (non-hydrogen) atoms. The largest absolute Gasteiger partial charge is 0.508 e. The maximum atomic E-state index is 9.65. The lowest BCUT2D eigenvalue weighted by Crippen LogP contribution is -2.52. The number of phenols is 1. The van der Waals surface area contributed by atoms with Crippen molar-refractivity contribution in [3.63, 3.8) is 0 Å². The van der Waals surface area contributed by atoms with Crippen molar-refractivity contribution in [2.24, 2.45) is 11.5 Å². The van der Waals surface area contributed by atoms with Crippen LogP contribution in [0.3, 0.4) is 0 Å². The molecule has 1 aromatic rings. The Morgan fingerprint density at radius 3 is 2.83 bits per heavy atom. The number of benzene rings is 1. The van der Waals surface area contributed by atoms with Gasteiger partial charge in [0.1, 0.15) is 5.75 Å². The van der Waals surface area contributed by atoms with Crippen molar-refractivity contribution in [3.05, 3.63) is 29.3 Å². The molecule has 5 N–H and O–H groups in total. The smallest absolute Gasteiger partial charge is 0.115 e. The molecule has 0 bridgehead atoms. The first kappa shape index (κ1) is 13.7. The fraction of sp³-hybridized carbons (Fsp3) is 0.571. The summed E-state index contributed by atoms with van der Waals surface area (Å²) in [7, 11) is 0. The number of hydrogen-bond donors (Lipinski definition) is 3. The van der Waals surface area contributed by atoms with Gasteiger partial charge in [-0.1, -0.05) is 19.9 Å². The van der Waals surface area contributed by atoms with Crippen LogP contribution in [0.1, 0.15) is 25.0 Å². The first-order valence-electron chi connectivity index (χ1n) is 6.36. The fourth-order valence-electron chi connectivity index (χ4n) is 2.71. The summed E-state index contributed by atoms with van der Waals surface area (Å²) in [5, 5.41) is 10.1. The van der Waals surface area contributed by atoms with Crippen molar-refractivity contribution in [1.29, 1.82) is 0 Å². The van der Waals surface area contributed by atoms with Crippen LogP contribution in [0.15, 0.2) is 18.2 Å². The predicted molar refractivity (Wildman–Crippen MR) is 78.1 cm³/mol. The Kier molecular flexibility index (Phi) is 3.90. The van der Waals surface area contributed by atoms with E-state index in [0.717, 1.165) is 12.2 Å². The van der Waals surface area contributed by atoms with E-state index in [1.165, 1.54) is 11.1 Å². The Balaban J connectivity index is 2.34. The summed E-state index contributed by atoms with van der Waals surface area (Å²) in [5.74, 6) is 1.27. The second-order valence-electron chi connectivity index (χ2n) is 5.49. The normalized spacial score (nSPS) is 25.8. The third-order valence-corrected chi connectivity index (χ3v) is 5.25. The van der Waals surface area contributed by atoms with Crippen LogP contribution in [-0.4, -0.2) is 28.7 Å². The van der Waals surface area contributed by atoms with Crippen LogP contribution >= 0.6 is 11.8 Å². The molecule has 1 aliphatic rings. The second kappa shape index (κ2) is 5.11. The lowest BCUT2D eigenvalue weighted by molar-refractivity contribution is 0.369. The minimum atomic E-state index is -0.113. The molecule has 0 radical (unpaired) electrons. The Hall–Kier alpha value is -0.710. The van der Waals surface area contributed by atoms with Gasteiger partial charge in [-0.2, -0.15) is 11.8 Å². The van der Waals surface area contributed by atoms with Crippen LogP contribution in [0.4, 0.5) is 0 Å². The SMILES string of the molecule is CC1(C)c2cc(O)ccc2C[C@H](SCCN)[C@H]1N. The third kappa shape index (κ3) is 2.37. The molecule has 1 aromatic carbocycles. The van der Waals surface area contributed by atoms with Crippen molar-refractivity contribution in [2.45, 2.75) is 37.0 Å². The highest BCUT2D eigenvalue weighted by atomic mass is 32.2. The summed E-state index contributed by atoms with van der Waals surface area (Å²) in [6, 6.07) is 5.73. The average molecular weight is 266 g/mol. The summed E-state index contributed by atoms with van der Waals surface area (Å²) in [6.45, 7) is 5.01. The molecule has 0 unspecified atom stereocenters. The lowest BCUT2D eigenvalue weighted by atomic mass is 9.69. The van der Waals surface area contributed by atoms with Gasteiger partial charge in [-0.15, -0.1) is 0 Å². The van der Waals surface area contributed by atoms with Crippen LogP contribution in [0, 0.1) is 0 Å². The van der Waals surface area contributed by atoms with Crippen LogP contribution in [-0.2, 0) is 11.8 Å². The van der Waals surface area contributed by atoms with Gasteiger partial charge in [0.15, 0.2) is 0 Å². The Labute approximate surface area is 113 Å². The van der Waals surface area contributed by atoms with Crippen molar-refractivity contribution in [1.82, 2.24) is 0 Å². The van der Waals surface area contributed by atoms with Gasteiger partial charge in [0, 0.05) is 29.0 Å². The van der Waals surface area contributed by atoms with E-state index in [1.54, 1.807) is 6.07 Å². The van der Waals surface area contributed by atoms with E-state index in [1.807, 2.05) is 23.9 Å². The molecule has 2 atom stereocenters. The number of fused-ring (bicyclic) bond motifs is 1. The lowest BCUT2D eigenvalue weighted by Gasteiger charge is -2.43. The van der Waals surface area contributed by atoms with Crippen LogP contribution in [0.5, 0.6) is 5.75 Å². The monoisotopic (exact) mass is 266 g/mol. The molecule has 0 aliphatic heterocycles. The molecule has 0 saturated heterocycles. The first-order valence-corrected chi connectivity index (χ1v) is 7.41. The van der Waals surface area contributed by atoms with E-state index in [-0.39, 0.29) is 11.5 Å². The highest BCUT2D eigenvalue weighted by Crippen LogP contribution is 2.41. The van der Waals surface area contributed by atoms with Gasteiger partial charge in [-0.3, -0.25) is 0 Å². The predicted octanol–water partition coefficient (Wildman–Crippen LogP) is 1.61. The number of phenolic OH excluding ortho intramolecular Hbond substituents is 1. The van der Waals surface area contributed by atoms with Gasteiger partial charge < -0.3 is 16.6 Å². The van der Waals surface area contributed by atoms with E-state index in [4.69, 9.17) is 11.5 Å². The summed E-state index contributed by atoms with van der Waals surface area (Å²) in [6.07, 6.45) is 0.963. The molecule has 100 valence electrons. The molecular weight excluding hydrogens is 244 g/mol. The van der Waals surface area contributed by atoms with E-state index < -0.39 is 0 Å². The Bertz CT molecular complexity index is 434. The topological polar surface area (TPSA) is 72.3 Å². The highest BCUT2D eigenvalue weighted by molar-refractivity contribution is 8.00. The van der Waals surface area contributed by atoms with E-state index in [2.05, 4.69) is 13.8 Å². The van der Waals surface area contributed by atoms with E-state index >= 15 is 0 Å². The van der Waals surface area contributed by atoms with Crippen molar-refractivity contribution in [2.75, 3.05) is 12.3 Å². The third-order valence-electron chi connectivity index (χ3n) is 3.89. The summed E-state index contributed by atoms with van der Waals surface area (Å²) >= 11 is 1.86. The molecule has 4 heteroatoms. The van der Waals surface area contributed by atoms with Gasteiger partial charge in [-0.05, 0) is 29.7 Å². The quantitative estimate of drug-likeness (QED) is 0.777. The molecule has 3 nitrogen and oxygen atoms in total. The van der Waals surface area contributed by atoms with E-state index in [9.17, 15) is 5.11 Å². The maximum Gasteiger partial charge on any atom is 0.115 e. The Morgan fingerprint density at radius 2 is 2.17 bits per heavy atom. The number of hydrogen-bond acceptors (Lipinski definition) is 4. The van der Waals surface area contributed by atoms with Crippen LogP contribution in [0.2, 0.25) is 0 Å². The van der Waals surface area contributed by atoms with Crippen molar-refractivity contribution < 1.29 is 5.11 Å². The minimum Gasteiger partial charge on any atom is -0.508 e. The maximum absolute atomic E-state index is 9.65. The molecule has 2 rings (SSSR count). The molecular formula is C14H22N2OS. The molecule has 0 fully saturated rings. The van der Waals surface area contributed by atoms with Crippen LogP contribution in [0.25, 0.3) is 0 Å². The number of aromatic hydroxyl groups is 1. The van der Waals surface area contributed by atoms with Gasteiger partial charge in [0.05, 0.1) is 0 Å². The zero-order chi connectivity index (χ0) is 13.3. The van der Waals surface area contributed by atoms with Gasteiger partial charge in [0.2, 0.25) is 0 Å². The van der Waals surface area contributed by atoms with Gasteiger partial charge in [-0.25, -0.2) is 0 Å². The Morgan fingerprint density at radius 1 is 1.44 bits per heavy atom. The molecule has 1 aliphatic carbocycles. The molecule has 0 heterocycles. The number of nitrogens with two attached hydrogens (primary N) is 2. The molecule has 0 aromatic heterocycles. The highest BCUT2D eigenvalue weighted by Gasteiger charge is 2.40. The molecule has 0 spiro atoms. The second-order valence-corrected chi connectivity index (χ2v) is 6.84. The first-order chi connectivity index (χ1) is 8.46. The van der Waals surface area contributed by atoms with Crippen molar-refractivity contribution in [3.8, 4) is 5.75 Å². The fourth-order valence-corrected chi connectivity index (χ4v) is 4.00. The number of thioether (sulfide) groups is 1. The zero-order valence-electron chi connectivity index (χ0n) is 11.0. The van der Waals surface area contributed by atoms with Gasteiger partial charge >= 0.3 is 0 Å². The molecule has 0 amide bonds. The zero-order valence-corrected chi connectivity index (χ0v) is 11.8. The van der Waals surface area contributed by atoms with E-state index in [0.29, 0.717) is 17.5 Å². The summed E-state index contributed by atoms with van der Waals surface area (Å²) < 4.78 is 0. The molecule has 0 saturated carbocycles. The average Bonchev–Trinajstić information content (AvgIpc) is 2.33. The van der Waals surface area contributed by atoms with Gasteiger partial charge in [0.25, 0.3) is 0 Å². The number of rotatable bonds is 3. The standard InChI is InChI=1S/C14H22N2OS/c1-14(2)11-8-10(17)4-3-9(11)7-12(13(14)16)18-6-5-15/h3-4,8,12-13,17H,5-7,15-16H2,1-2H3/t12-,13+/m0/s1. The minimum absolute atomic E-state index is 0.0864. The summed E-state index contributed by atoms with van der Waals surface area (Å²) in [5.41, 5.74) is 14.4.